The molecule has 11 heteroatoms. The number of carbonyl (C=O) groups is 1. The molecule has 0 radical (unpaired) electrons. The van der Waals surface area contributed by atoms with E-state index < -0.39 is 39.0 Å². The number of nitrogens with one attached hydrogen (secondary N) is 2. The first kappa shape index (κ1) is 16.6. The molecule has 1 aliphatic rings. The number of carbonyl (C=O) groups excluding carboxylic acids is 1. The van der Waals surface area contributed by atoms with Crippen LogP contribution in [0, 0.1) is 0 Å². The van der Waals surface area contributed by atoms with Crippen LogP contribution in [0.25, 0.3) is 0 Å². The van der Waals surface area contributed by atoms with Crippen LogP contribution < -0.4 is 10.6 Å². The molecule has 2 N–H and O–H groups in total. The van der Waals surface area contributed by atoms with Crippen LogP contribution in [0.1, 0.15) is 19.0 Å². The molecule has 0 saturated carbocycles. The van der Waals surface area contributed by atoms with Crippen molar-refractivity contribution in [2.45, 2.75) is 25.1 Å². The minimum atomic E-state index is -4.70. The normalized spacial score (nSPS) is 24.2. The van der Waals surface area contributed by atoms with Gasteiger partial charge >= 0.3 is 12.2 Å². The van der Waals surface area contributed by atoms with Crippen LogP contribution >= 0.6 is 0 Å². The molecule has 22 heavy (non-hydrogen) atoms. The van der Waals surface area contributed by atoms with E-state index in [-0.39, 0.29) is 17.9 Å². The van der Waals surface area contributed by atoms with Crippen LogP contribution in [-0.4, -0.2) is 41.3 Å². The van der Waals surface area contributed by atoms with E-state index >= 15 is 0 Å². The molecule has 7 nitrogen and oxygen atoms in total. The zero-order valence-corrected chi connectivity index (χ0v) is 12.7. The third-order valence-corrected chi connectivity index (χ3v) is 5.17. The van der Waals surface area contributed by atoms with Crippen molar-refractivity contribution >= 4 is 21.6 Å². The topological polar surface area (TPSA) is 93.1 Å². The Labute approximate surface area is 124 Å². The fourth-order valence-corrected chi connectivity index (χ4v) is 4.42. The molecule has 1 atom stereocenters. The molecule has 1 aromatic heterocycles. The molecule has 2 heterocycles. The molecule has 1 aliphatic heterocycles. The van der Waals surface area contributed by atoms with Gasteiger partial charge in [-0.05, 0) is 13.3 Å². The number of amides is 2. The summed E-state index contributed by atoms with van der Waals surface area (Å²) in [5.74, 6) is -0.308. The van der Waals surface area contributed by atoms with Gasteiger partial charge in [-0.2, -0.15) is 18.3 Å². The molecule has 0 spiro atoms. The van der Waals surface area contributed by atoms with Crippen molar-refractivity contribution in [2.24, 2.45) is 7.05 Å². The molecule has 124 valence electrons. The lowest BCUT2D eigenvalue weighted by Gasteiger charge is -2.23. The van der Waals surface area contributed by atoms with E-state index in [1.165, 1.54) is 14.0 Å². The summed E-state index contributed by atoms with van der Waals surface area (Å²) in [6.07, 6.45) is -3.47. The van der Waals surface area contributed by atoms with E-state index in [0.29, 0.717) is 0 Å². The third-order valence-electron chi connectivity index (χ3n) is 3.26. The maximum absolute atomic E-state index is 12.8. The van der Waals surface area contributed by atoms with Crippen LogP contribution in [-0.2, 0) is 23.1 Å². The van der Waals surface area contributed by atoms with Gasteiger partial charge in [0.15, 0.2) is 15.5 Å². The van der Waals surface area contributed by atoms with Gasteiger partial charge in [0.2, 0.25) is 0 Å². The van der Waals surface area contributed by atoms with Crippen LogP contribution in [0.3, 0.4) is 0 Å². The number of urea groups is 1. The van der Waals surface area contributed by atoms with Gasteiger partial charge in [-0.3, -0.25) is 4.68 Å². The summed E-state index contributed by atoms with van der Waals surface area (Å²) in [5, 5.41) is 7.74. The quantitative estimate of drug-likeness (QED) is 0.844. The number of hydrogen-bond acceptors (Lipinski definition) is 4. The maximum atomic E-state index is 12.8. The minimum Gasteiger partial charge on any atom is -0.332 e. The number of aryl methyl sites for hydroxylation is 1. The van der Waals surface area contributed by atoms with E-state index in [2.05, 4.69) is 15.7 Å². The molecular weight excluding hydrogens is 325 g/mol. The zero-order valence-electron chi connectivity index (χ0n) is 11.9. The van der Waals surface area contributed by atoms with Crippen LogP contribution in [0.4, 0.5) is 23.7 Å². The highest BCUT2D eigenvalue weighted by Gasteiger charge is 2.41. The third kappa shape index (κ3) is 3.70. The molecule has 0 aliphatic carbocycles. The lowest BCUT2D eigenvalue weighted by atomic mass is 10.0. The highest BCUT2D eigenvalue weighted by molar-refractivity contribution is 7.91. The number of rotatable bonds is 2. The Morgan fingerprint density at radius 3 is 2.59 bits per heavy atom. The minimum absolute atomic E-state index is 0.0650. The molecular formula is C11H15F3N4O3S. The van der Waals surface area contributed by atoms with E-state index in [0.717, 1.165) is 10.9 Å². The molecule has 1 fully saturated rings. The standard InChI is InChI=1S/C11H15F3N4O3S/c1-10(3-4-22(20,21)6-10)16-9(19)15-7-5-18(2)17-8(7)11(12,13)14/h5H,3-4,6H2,1-2H3,(H2,15,16,19). The van der Waals surface area contributed by atoms with E-state index in [1.54, 1.807) is 0 Å². The predicted molar refractivity (Wildman–Crippen MR) is 72.0 cm³/mol. The van der Waals surface area contributed by atoms with Gasteiger partial charge in [-0.25, -0.2) is 13.2 Å². The van der Waals surface area contributed by atoms with E-state index in [4.69, 9.17) is 0 Å². The average molecular weight is 340 g/mol. The van der Waals surface area contributed by atoms with Crippen LogP contribution in [0.5, 0.6) is 0 Å². The molecule has 2 rings (SSSR count). The van der Waals surface area contributed by atoms with Gasteiger partial charge in [0.05, 0.1) is 22.7 Å². The molecule has 1 unspecified atom stereocenters. The number of hydrogen-bond donors (Lipinski definition) is 2. The Morgan fingerprint density at radius 1 is 1.45 bits per heavy atom. The van der Waals surface area contributed by atoms with Gasteiger partial charge in [-0.1, -0.05) is 0 Å². The summed E-state index contributed by atoms with van der Waals surface area (Å²) in [4.78, 5) is 11.9. The monoisotopic (exact) mass is 340 g/mol. The first-order valence-electron chi connectivity index (χ1n) is 6.31. The second-order valence-electron chi connectivity index (χ2n) is 5.54. The Hall–Kier alpha value is -1.78. The highest BCUT2D eigenvalue weighted by Crippen LogP contribution is 2.33. The Bertz CT molecular complexity index is 698. The van der Waals surface area contributed by atoms with Gasteiger partial charge in [0, 0.05) is 13.2 Å². The summed E-state index contributed by atoms with van der Waals surface area (Å²) >= 11 is 0. The summed E-state index contributed by atoms with van der Waals surface area (Å²) in [5.41, 5.74) is -2.70. The number of anilines is 1. The predicted octanol–water partition coefficient (Wildman–Crippen LogP) is 1.14. The molecule has 0 bridgehead atoms. The molecule has 1 aromatic rings. The largest absolute Gasteiger partial charge is 0.437 e. The average Bonchev–Trinajstić information content (AvgIpc) is 2.78. The van der Waals surface area contributed by atoms with Crippen molar-refractivity contribution in [3.63, 3.8) is 0 Å². The highest BCUT2D eigenvalue weighted by atomic mass is 32.2. The van der Waals surface area contributed by atoms with Gasteiger partial charge in [0.1, 0.15) is 0 Å². The van der Waals surface area contributed by atoms with Crippen molar-refractivity contribution in [3.8, 4) is 0 Å². The Balaban J connectivity index is 2.11. The van der Waals surface area contributed by atoms with Gasteiger partial charge in [-0.15, -0.1) is 0 Å². The van der Waals surface area contributed by atoms with Crippen molar-refractivity contribution < 1.29 is 26.4 Å². The van der Waals surface area contributed by atoms with E-state index in [1.807, 2.05) is 0 Å². The van der Waals surface area contributed by atoms with Crippen molar-refractivity contribution in [2.75, 3.05) is 16.8 Å². The smallest absolute Gasteiger partial charge is 0.332 e. The number of nitrogens with zero attached hydrogens (tertiary/aromatic N) is 2. The summed E-state index contributed by atoms with van der Waals surface area (Å²) in [6, 6.07) is -0.905. The second-order valence-corrected chi connectivity index (χ2v) is 7.73. The first-order valence-corrected chi connectivity index (χ1v) is 8.13. The van der Waals surface area contributed by atoms with Gasteiger partial charge in [0.25, 0.3) is 0 Å². The summed E-state index contributed by atoms with van der Waals surface area (Å²) in [6.45, 7) is 1.53. The summed E-state index contributed by atoms with van der Waals surface area (Å²) in [7, 11) is -1.94. The summed E-state index contributed by atoms with van der Waals surface area (Å²) < 4.78 is 62.1. The first-order chi connectivity index (χ1) is 9.90. The lowest BCUT2D eigenvalue weighted by molar-refractivity contribution is -0.140. The number of alkyl halides is 3. The fraction of sp³-hybridized carbons (Fsp3) is 0.636. The van der Waals surface area contributed by atoms with Crippen molar-refractivity contribution in [1.82, 2.24) is 15.1 Å². The molecule has 2 amide bonds. The Kier molecular flexibility index (Phi) is 3.88. The lowest BCUT2D eigenvalue weighted by Crippen LogP contribution is -2.48. The van der Waals surface area contributed by atoms with Crippen LogP contribution in [0.2, 0.25) is 0 Å². The number of sulfone groups is 1. The number of aromatic nitrogens is 2. The van der Waals surface area contributed by atoms with E-state index in [9.17, 15) is 26.4 Å². The molecule has 1 saturated heterocycles. The van der Waals surface area contributed by atoms with Gasteiger partial charge < -0.3 is 10.6 Å². The second kappa shape index (κ2) is 5.14. The fourth-order valence-electron chi connectivity index (χ4n) is 2.33. The van der Waals surface area contributed by atoms with Crippen LogP contribution in [0.15, 0.2) is 6.20 Å². The Morgan fingerprint density at radius 2 is 2.09 bits per heavy atom. The SMILES string of the molecule is Cn1cc(NC(=O)NC2(C)CCS(=O)(=O)C2)c(C(F)(F)F)n1. The zero-order chi connectivity index (χ0) is 16.8. The van der Waals surface area contributed by atoms with Crippen molar-refractivity contribution in [1.29, 1.82) is 0 Å². The molecule has 0 aromatic carbocycles. The number of halogens is 3. The van der Waals surface area contributed by atoms with Crippen molar-refractivity contribution in [3.05, 3.63) is 11.9 Å². The maximum Gasteiger partial charge on any atom is 0.437 e.